The molecule has 1 fully saturated rings. The summed E-state index contributed by atoms with van der Waals surface area (Å²) in [6.45, 7) is 0.631. The Morgan fingerprint density at radius 1 is 1.73 bits per heavy atom. The predicted octanol–water partition coefficient (Wildman–Crippen LogP) is -0.341. The van der Waals surface area contributed by atoms with Gasteiger partial charge in [0.2, 0.25) is 0 Å². The second kappa shape index (κ2) is 3.19. The van der Waals surface area contributed by atoms with Crippen LogP contribution in [0.5, 0.6) is 0 Å². The van der Waals surface area contributed by atoms with Crippen LogP contribution in [0.15, 0.2) is 0 Å². The van der Waals surface area contributed by atoms with Gasteiger partial charge in [0.15, 0.2) is 11.1 Å². The van der Waals surface area contributed by atoms with Gasteiger partial charge in [-0.25, -0.2) is 9.00 Å². The molecule has 64 valence electrons. The average Bonchev–Trinajstić information content (AvgIpc) is 1.83. The monoisotopic (exact) mass is 179 g/mol. The third kappa shape index (κ3) is 1.69. The molecule has 1 N–H and O–H groups in total. The van der Waals surface area contributed by atoms with Gasteiger partial charge in [-0.05, 0) is 0 Å². The first kappa shape index (κ1) is 8.48. The Morgan fingerprint density at radius 2 is 2.27 bits per heavy atom. The van der Waals surface area contributed by atoms with Gasteiger partial charge in [-0.3, -0.25) is 4.18 Å². The fourth-order valence-electron chi connectivity index (χ4n) is 0.852. The van der Waals surface area contributed by atoms with Gasteiger partial charge in [-0.1, -0.05) is 0 Å². The second-order valence-corrected chi connectivity index (χ2v) is 3.76. The topological polar surface area (TPSA) is 66.8 Å². The van der Waals surface area contributed by atoms with E-state index in [1.807, 2.05) is 0 Å². The number of likely N-dealkylation sites (tertiary alicyclic amines) is 1. The van der Waals surface area contributed by atoms with Crippen molar-refractivity contribution in [2.75, 3.05) is 20.2 Å². The lowest BCUT2D eigenvalue weighted by molar-refractivity contribution is 0.119. The highest BCUT2D eigenvalue weighted by atomic mass is 32.2. The predicted molar refractivity (Wildman–Crippen MR) is 38.5 cm³/mol. The minimum atomic E-state index is -1.33. The molecule has 0 bridgehead atoms. The fourth-order valence-corrected chi connectivity index (χ4v) is 1.73. The largest absolute Gasteiger partial charge is 0.465 e. The van der Waals surface area contributed by atoms with Gasteiger partial charge in [-0.2, -0.15) is 0 Å². The van der Waals surface area contributed by atoms with Crippen LogP contribution >= 0.6 is 0 Å². The molecule has 1 rings (SSSR count). The summed E-state index contributed by atoms with van der Waals surface area (Å²) in [6, 6.07) is 0. The maximum atomic E-state index is 10.8. The third-order valence-electron chi connectivity index (χ3n) is 1.55. The lowest BCUT2D eigenvalue weighted by Gasteiger charge is -2.34. The zero-order chi connectivity index (χ0) is 8.43. The highest BCUT2D eigenvalue weighted by Crippen LogP contribution is 2.13. The molecule has 0 aliphatic carbocycles. The molecule has 1 heterocycles. The molecule has 1 saturated heterocycles. The highest BCUT2D eigenvalue weighted by Gasteiger charge is 2.35. The van der Waals surface area contributed by atoms with Crippen molar-refractivity contribution >= 4 is 17.2 Å². The maximum absolute atomic E-state index is 10.8. The Labute approximate surface area is 66.6 Å². The zero-order valence-corrected chi connectivity index (χ0v) is 6.84. The molecule has 1 atom stereocenters. The molecule has 0 aromatic rings. The molecule has 1 amide bonds. The van der Waals surface area contributed by atoms with E-state index in [9.17, 15) is 9.00 Å². The van der Waals surface area contributed by atoms with E-state index in [4.69, 9.17) is 5.11 Å². The van der Waals surface area contributed by atoms with Crippen LogP contribution in [0.1, 0.15) is 0 Å². The van der Waals surface area contributed by atoms with Gasteiger partial charge in [0, 0.05) is 13.1 Å². The Bertz CT molecular complexity index is 189. The quantitative estimate of drug-likeness (QED) is 0.629. The third-order valence-corrected chi connectivity index (χ3v) is 2.73. The zero-order valence-electron chi connectivity index (χ0n) is 6.02. The lowest BCUT2D eigenvalue weighted by atomic mass is 10.2. The Kier molecular flexibility index (Phi) is 2.45. The summed E-state index contributed by atoms with van der Waals surface area (Å²) in [5, 5.41) is 8.25. The number of hydrogen-bond donors (Lipinski definition) is 1. The van der Waals surface area contributed by atoms with Crippen molar-refractivity contribution in [3.05, 3.63) is 0 Å². The molecule has 0 aromatic carbocycles. The molecular weight excluding hydrogens is 170 g/mol. The van der Waals surface area contributed by atoms with E-state index in [0.29, 0.717) is 13.1 Å². The first-order valence-electron chi connectivity index (χ1n) is 3.08. The van der Waals surface area contributed by atoms with Crippen molar-refractivity contribution in [1.82, 2.24) is 4.90 Å². The van der Waals surface area contributed by atoms with E-state index in [-0.39, 0.29) is 5.25 Å². The number of carboxylic acid groups (broad SMARTS) is 1. The number of nitrogens with zero attached hydrogens (tertiary/aromatic N) is 1. The summed E-state index contributed by atoms with van der Waals surface area (Å²) in [5.74, 6) is 0. The first-order valence-corrected chi connectivity index (χ1v) is 4.22. The van der Waals surface area contributed by atoms with Gasteiger partial charge in [0.1, 0.15) is 0 Å². The van der Waals surface area contributed by atoms with Crippen molar-refractivity contribution < 1.29 is 18.3 Å². The molecule has 0 saturated carbocycles. The number of rotatable bonds is 2. The second-order valence-electron chi connectivity index (χ2n) is 2.24. The van der Waals surface area contributed by atoms with Gasteiger partial charge in [-0.15, -0.1) is 0 Å². The van der Waals surface area contributed by atoms with Gasteiger partial charge in [0.25, 0.3) is 0 Å². The van der Waals surface area contributed by atoms with Crippen LogP contribution in [0.4, 0.5) is 4.79 Å². The number of hydrogen-bond acceptors (Lipinski definition) is 3. The molecular formula is C5H9NO4S. The van der Waals surface area contributed by atoms with Crippen molar-refractivity contribution in [3.8, 4) is 0 Å². The van der Waals surface area contributed by atoms with Crippen LogP contribution in [0.2, 0.25) is 0 Å². The molecule has 1 unspecified atom stereocenters. The number of amides is 1. The van der Waals surface area contributed by atoms with Crippen molar-refractivity contribution in [2.45, 2.75) is 5.25 Å². The van der Waals surface area contributed by atoms with E-state index in [2.05, 4.69) is 4.18 Å². The van der Waals surface area contributed by atoms with Gasteiger partial charge in [0.05, 0.1) is 12.4 Å². The van der Waals surface area contributed by atoms with Crippen molar-refractivity contribution in [2.24, 2.45) is 0 Å². The van der Waals surface area contributed by atoms with E-state index in [0.717, 1.165) is 0 Å². The summed E-state index contributed by atoms with van der Waals surface area (Å²) in [7, 11) is 1.35. The summed E-state index contributed by atoms with van der Waals surface area (Å²) < 4.78 is 15.4. The summed E-state index contributed by atoms with van der Waals surface area (Å²) in [4.78, 5) is 11.4. The molecule has 1 aliphatic heterocycles. The van der Waals surface area contributed by atoms with Gasteiger partial charge < -0.3 is 10.0 Å². The Balaban J connectivity index is 2.29. The van der Waals surface area contributed by atoms with E-state index < -0.39 is 17.2 Å². The van der Waals surface area contributed by atoms with E-state index in [1.54, 1.807) is 0 Å². The minimum absolute atomic E-state index is 0.143. The molecule has 0 radical (unpaired) electrons. The van der Waals surface area contributed by atoms with Crippen LogP contribution in [-0.4, -0.2) is 45.8 Å². The standard InChI is InChI=1S/C5H9NO4S/c1-10-11(9)4-2-6(3-4)5(7)8/h4H,2-3H2,1H3,(H,7,8). The summed E-state index contributed by atoms with van der Waals surface area (Å²) in [5.41, 5.74) is 0. The molecule has 0 spiro atoms. The first-order chi connectivity index (χ1) is 5.15. The number of carbonyl (C=O) groups is 1. The molecule has 6 heteroatoms. The average molecular weight is 179 g/mol. The highest BCUT2D eigenvalue weighted by molar-refractivity contribution is 7.81. The van der Waals surface area contributed by atoms with Gasteiger partial charge >= 0.3 is 6.09 Å². The van der Waals surface area contributed by atoms with Crippen molar-refractivity contribution in [1.29, 1.82) is 0 Å². The van der Waals surface area contributed by atoms with Crippen LogP contribution in [0.25, 0.3) is 0 Å². The minimum Gasteiger partial charge on any atom is -0.465 e. The van der Waals surface area contributed by atoms with Crippen LogP contribution in [-0.2, 0) is 15.3 Å². The molecule has 11 heavy (non-hydrogen) atoms. The Hall–Kier alpha value is -0.620. The smallest absolute Gasteiger partial charge is 0.407 e. The summed E-state index contributed by atoms with van der Waals surface area (Å²) in [6.07, 6.45) is -0.964. The van der Waals surface area contributed by atoms with Crippen LogP contribution in [0.3, 0.4) is 0 Å². The lowest BCUT2D eigenvalue weighted by Crippen LogP contribution is -2.55. The van der Waals surface area contributed by atoms with Crippen LogP contribution < -0.4 is 0 Å². The van der Waals surface area contributed by atoms with E-state index >= 15 is 0 Å². The van der Waals surface area contributed by atoms with Crippen LogP contribution in [0, 0.1) is 0 Å². The van der Waals surface area contributed by atoms with Crippen molar-refractivity contribution in [3.63, 3.8) is 0 Å². The molecule has 5 nitrogen and oxygen atoms in total. The summed E-state index contributed by atoms with van der Waals surface area (Å²) >= 11 is -1.33. The fraction of sp³-hybridized carbons (Fsp3) is 0.800. The Morgan fingerprint density at radius 3 is 2.64 bits per heavy atom. The normalized spacial score (nSPS) is 21.0. The van der Waals surface area contributed by atoms with E-state index in [1.165, 1.54) is 12.0 Å². The SMILES string of the molecule is COS(=O)C1CN(C(=O)O)C1. The molecule has 0 aromatic heterocycles. The molecule has 1 aliphatic rings. The maximum Gasteiger partial charge on any atom is 0.407 e.